The molecule has 1 amide bonds. The van der Waals surface area contributed by atoms with Gasteiger partial charge in [-0.3, -0.25) is 4.79 Å². The number of aromatic carboxylic acids is 1. The van der Waals surface area contributed by atoms with E-state index in [0.29, 0.717) is 5.69 Å². The Kier molecular flexibility index (Phi) is 4.14. The Morgan fingerprint density at radius 2 is 1.89 bits per heavy atom. The van der Waals surface area contributed by atoms with Gasteiger partial charge in [-0.25, -0.2) is 4.79 Å². The van der Waals surface area contributed by atoms with Crippen LogP contribution in [0.3, 0.4) is 0 Å². The van der Waals surface area contributed by atoms with Gasteiger partial charge in [0.1, 0.15) is 0 Å². The summed E-state index contributed by atoms with van der Waals surface area (Å²) >= 11 is 0. The van der Waals surface area contributed by atoms with Crippen LogP contribution in [0.25, 0.3) is 0 Å². The van der Waals surface area contributed by atoms with Gasteiger partial charge < -0.3 is 20.6 Å². The molecule has 6 heteroatoms. The molecule has 3 N–H and O–H groups in total. The van der Waals surface area contributed by atoms with Crippen molar-refractivity contribution in [2.45, 2.75) is 0 Å². The number of anilines is 2. The Hall–Kier alpha value is -2.24. The van der Waals surface area contributed by atoms with Gasteiger partial charge in [-0.2, -0.15) is 0 Å². The zero-order chi connectivity index (χ0) is 13.9. The van der Waals surface area contributed by atoms with Gasteiger partial charge in [0.25, 0.3) is 0 Å². The van der Waals surface area contributed by atoms with E-state index in [9.17, 15) is 9.59 Å². The molecule has 18 heavy (non-hydrogen) atoms. The van der Waals surface area contributed by atoms with Crippen LogP contribution in [0.4, 0.5) is 11.4 Å². The number of carbonyl (C=O) groups excluding carboxylic acids is 1. The monoisotopic (exact) mass is 251 g/mol. The Labute approximate surface area is 106 Å². The second kappa shape index (κ2) is 5.39. The van der Waals surface area contributed by atoms with E-state index in [4.69, 9.17) is 10.8 Å². The summed E-state index contributed by atoms with van der Waals surface area (Å²) in [7, 11) is 5.01. The number of nitrogens with two attached hydrogens (primary N) is 1. The first-order valence-electron chi connectivity index (χ1n) is 5.37. The lowest BCUT2D eigenvalue weighted by molar-refractivity contribution is -0.127. The molecule has 1 rings (SSSR count). The predicted octanol–water partition coefficient (Wildman–Crippen LogP) is 0.491. The normalized spacial score (nSPS) is 9.94. The average Bonchev–Trinajstić information content (AvgIpc) is 2.28. The van der Waals surface area contributed by atoms with Gasteiger partial charge in [0, 0.05) is 21.1 Å². The number of hydrogen-bond acceptors (Lipinski definition) is 4. The van der Waals surface area contributed by atoms with E-state index in [0.717, 1.165) is 0 Å². The Balaban J connectivity index is 3.00. The first kappa shape index (κ1) is 13.8. The van der Waals surface area contributed by atoms with Crippen molar-refractivity contribution in [1.82, 2.24) is 4.90 Å². The number of hydrogen-bond donors (Lipinski definition) is 2. The van der Waals surface area contributed by atoms with Crippen LogP contribution in [-0.2, 0) is 4.79 Å². The van der Waals surface area contributed by atoms with Gasteiger partial charge in [0.05, 0.1) is 23.5 Å². The van der Waals surface area contributed by atoms with E-state index in [1.54, 1.807) is 38.2 Å². The maximum Gasteiger partial charge on any atom is 0.337 e. The van der Waals surface area contributed by atoms with Gasteiger partial charge >= 0.3 is 5.97 Å². The van der Waals surface area contributed by atoms with Crippen LogP contribution < -0.4 is 10.6 Å². The number of benzene rings is 1. The number of nitrogen functional groups attached to an aromatic ring is 1. The van der Waals surface area contributed by atoms with Crippen molar-refractivity contribution in [2.24, 2.45) is 0 Å². The van der Waals surface area contributed by atoms with E-state index in [1.807, 2.05) is 0 Å². The molecule has 1 aromatic rings. The van der Waals surface area contributed by atoms with Gasteiger partial charge in [0.2, 0.25) is 5.91 Å². The fraction of sp³-hybridized carbons (Fsp3) is 0.333. The van der Waals surface area contributed by atoms with Crippen molar-refractivity contribution < 1.29 is 14.7 Å². The lowest BCUT2D eigenvalue weighted by Crippen LogP contribution is -2.34. The Morgan fingerprint density at radius 3 is 2.39 bits per heavy atom. The number of amides is 1. The molecule has 0 aliphatic heterocycles. The van der Waals surface area contributed by atoms with E-state index in [2.05, 4.69) is 0 Å². The van der Waals surface area contributed by atoms with Crippen molar-refractivity contribution in [1.29, 1.82) is 0 Å². The Bertz CT molecular complexity index is 472. The fourth-order valence-electron chi connectivity index (χ4n) is 1.50. The molecular formula is C12H17N3O3. The minimum Gasteiger partial charge on any atom is -0.478 e. The summed E-state index contributed by atoms with van der Waals surface area (Å²) in [6.45, 7) is 0.139. The third kappa shape index (κ3) is 2.91. The number of para-hydroxylation sites is 1. The molecule has 0 spiro atoms. The minimum absolute atomic E-state index is 0.0386. The lowest BCUT2D eigenvalue weighted by atomic mass is 10.1. The van der Waals surface area contributed by atoms with Crippen molar-refractivity contribution in [3.05, 3.63) is 23.8 Å². The van der Waals surface area contributed by atoms with E-state index in [-0.39, 0.29) is 23.7 Å². The largest absolute Gasteiger partial charge is 0.478 e. The summed E-state index contributed by atoms with van der Waals surface area (Å²) in [5, 5.41) is 8.97. The molecule has 0 fully saturated rings. The molecule has 0 unspecified atom stereocenters. The van der Waals surface area contributed by atoms with E-state index in [1.165, 1.54) is 11.0 Å². The molecule has 0 atom stereocenters. The van der Waals surface area contributed by atoms with Crippen molar-refractivity contribution >= 4 is 23.3 Å². The standard InChI is InChI=1S/C12H17N3O3/c1-14(2)10(16)7-15(3)9-6-4-5-8(11(9)13)12(17)18/h4-6H,7,13H2,1-3H3,(H,17,18). The van der Waals surface area contributed by atoms with Gasteiger partial charge in [-0.1, -0.05) is 6.07 Å². The van der Waals surface area contributed by atoms with Crippen LogP contribution >= 0.6 is 0 Å². The maximum atomic E-state index is 11.6. The highest BCUT2D eigenvalue weighted by Gasteiger charge is 2.15. The second-order valence-electron chi connectivity index (χ2n) is 4.19. The van der Waals surface area contributed by atoms with E-state index < -0.39 is 5.97 Å². The molecule has 0 saturated heterocycles. The van der Waals surface area contributed by atoms with Crippen LogP contribution in [0.1, 0.15) is 10.4 Å². The molecular weight excluding hydrogens is 234 g/mol. The smallest absolute Gasteiger partial charge is 0.337 e. The SMILES string of the molecule is CN(C)C(=O)CN(C)c1cccc(C(=O)O)c1N. The van der Waals surface area contributed by atoms with Crippen molar-refractivity contribution in [3.8, 4) is 0 Å². The second-order valence-corrected chi connectivity index (χ2v) is 4.19. The first-order valence-corrected chi connectivity index (χ1v) is 5.37. The predicted molar refractivity (Wildman–Crippen MR) is 69.8 cm³/mol. The third-order valence-electron chi connectivity index (χ3n) is 2.60. The molecule has 1 aromatic carbocycles. The van der Waals surface area contributed by atoms with Crippen molar-refractivity contribution in [2.75, 3.05) is 38.3 Å². The fourth-order valence-corrected chi connectivity index (χ4v) is 1.50. The highest BCUT2D eigenvalue weighted by Crippen LogP contribution is 2.25. The lowest BCUT2D eigenvalue weighted by Gasteiger charge is -2.23. The van der Waals surface area contributed by atoms with Gasteiger partial charge in [-0.05, 0) is 12.1 Å². The summed E-state index contributed by atoms with van der Waals surface area (Å²) in [5.74, 6) is -1.17. The topological polar surface area (TPSA) is 86.9 Å². The highest BCUT2D eigenvalue weighted by atomic mass is 16.4. The summed E-state index contributed by atoms with van der Waals surface area (Å²) in [6, 6.07) is 4.72. The summed E-state index contributed by atoms with van der Waals surface area (Å²) in [6.07, 6.45) is 0. The number of rotatable bonds is 4. The maximum absolute atomic E-state index is 11.6. The summed E-state index contributed by atoms with van der Waals surface area (Å²) < 4.78 is 0. The molecule has 0 bridgehead atoms. The number of nitrogens with zero attached hydrogens (tertiary/aromatic N) is 2. The van der Waals surface area contributed by atoms with Gasteiger partial charge in [-0.15, -0.1) is 0 Å². The molecule has 98 valence electrons. The number of carboxylic acid groups (broad SMARTS) is 1. The molecule has 6 nitrogen and oxygen atoms in total. The number of carboxylic acids is 1. The zero-order valence-electron chi connectivity index (χ0n) is 10.7. The van der Waals surface area contributed by atoms with Crippen LogP contribution in [0, 0.1) is 0 Å². The zero-order valence-corrected chi connectivity index (χ0v) is 10.7. The molecule has 0 radical (unpaired) electrons. The van der Waals surface area contributed by atoms with Crippen molar-refractivity contribution in [3.63, 3.8) is 0 Å². The summed E-state index contributed by atoms with van der Waals surface area (Å²) in [4.78, 5) is 25.6. The van der Waals surface area contributed by atoms with E-state index >= 15 is 0 Å². The third-order valence-corrected chi connectivity index (χ3v) is 2.60. The van der Waals surface area contributed by atoms with Gasteiger partial charge in [0.15, 0.2) is 0 Å². The van der Waals surface area contributed by atoms with Crippen LogP contribution in [0.15, 0.2) is 18.2 Å². The quantitative estimate of drug-likeness (QED) is 0.760. The molecule has 0 aliphatic rings. The number of carbonyl (C=O) groups is 2. The average molecular weight is 251 g/mol. The van der Waals surface area contributed by atoms with Crippen LogP contribution in [0.5, 0.6) is 0 Å². The van der Waals surface area contributed by atoms with Crippen LogP contribution in [-0.4, -0.2) is 49.6 Å². The molecule has 0 aliphatic carbocycles. The highest BCUT2D eigenvalue weighted by molar-refractivity contribution is 5.97. The summed E-state index contributed by atoms with van der Waals surface area (Å²) in [5.41, 5.74) is 6.53. The molecule has 0 heterocycles. The first-order chi connectivity index (χ1) is 8.34. The Morgan fingerprint density at radius 1 is 1.28 bits per heavy atom. The van der Waals surface area contributed by atoms with Crippen LogP contribution in [0.2, 0.25) is 0 Å². The minimum atomic E-state index is -1.08. The molecule has 0 aromatic heterocycles. The molecule has 0 saturated carbocycles. The number of likely N-dealkylation sites (N-methyl/N-ethyl adjacent to an activating group) is 2.